The molecule has 0 bridgehead atoms. The van der Waals surface area contributed by atoms with E-state index in [9.17, 15) is 4.79 Å². The van der Waals surface area contributed by atoms with Crippen LogP contribution in [0, 0.1) is 0 Å². The second-order valence-corrected chi connectivity index (χ2v) is 1.74. The number of nitrogens with one attached hydrogen (secondary N) is 1. The van der Waals surface area contributed by atoms with E-state index in [1.165, 1.54) is 13.3 Å². The van der Waals surface area contributed by atoms with Crippen molar-refractivity contribution >= 4 is 12.3 Å². The van der Waals surface area contributed by atoms with Crippen LogP contribution in [0.5, 0.6) is 0 Å². The van der Waals surface area contributed by atoms with E-state index in [0.717, 1.165) is 0 Å². The van der Waals surface area contributed by atoms with E-state index in [-0.39, 0.29) is 6.04 Å². The third-order valence-corrected chi connectivity index (χ3v) is 0.651. The van der Waals surface area contributed by atoms with Gasteiger partial charge >= 0.3 is 6.09 Å². The van der Waals surface area contributed by atoms with Gasteiger partial charge in [-0.15, -0.1) is 0 Å². The van der Waals surface area contributed by atoms with Gasteiger partial charge in [0.15, 0.2) is 0 Å². The molecule has 1 amide bonds. The fraction of sp³-hybridized carbons (Fsp3) is 0.600. The van der Waals surface area contributed by atoms with Crippen LogP contribution in [0.25, 0.3) is 0 Å². The Kier molecular flexibility index (Phi) is 4.23. The van der Waals surface area contributed by atoms with Gasteiger partial charge in [0.2, 0.25) is 0 Å². The number of carbonyl (C=O) groups excluding carboxylic acids is 1. The number of hydrazone groups is 1. The number of ether oxygens (including phenoxy) is 1. The normalized spacial score (nSPS) is 13.1. The lowest BCUT2D eigenvalue weighted by atomic mass is 10.4. The van der Waals surface area contributed by atoms with E-state index < -0.39 is 6.09 Å². The molecule has 0 aliphatic rings. The first kappa shape index (κ1) is 8.90. The van der Waals surface area contributed by atoms with Crippen molar-refractivity contribution in [3.63, 3.8) is 0 Å². The standard InChI is InChI=1S/C5H11N3O2/c1-4(6)3-7-8-5(9)10-2/h3-4H,6H2,1-2H3,(H,8,9)/b7-3+. The Morgan fingerprint density at radius 1 is 1.90 bits per heavy atom. The number of carbonyl (C=O) groups is 1. The van der Waals surface area contributed by atoms with E-state index in [2.05, 4.69) is 15.3 Å². The largest absolute Gasteiger partial charge is 0.452 e. The fourth-order valence-electron chi connectivity index (χ4n) is 0.253. The fourth-order valence-corrected chi connectivity index (χ4v) is 0.253. The van der Waals surface area contributed by atoms with E-state index in [0.29, 0.717) is 0 Å². The Hall–Kier alpha value is -1.10. The summed E-state index contributed by atoms with van der Waals surface area (Å²) in [6.45, 7) is 1.74. The van der Waals surface area contributed by atoms with Crippen LogP contribution in [0.1, 0.15) is 6.92 Å². The molecule has 0 aliphatic heterocycles. The topological polar surface area (TPSA) is 76.7 Å². The van der Waals surface area contributed by atoms with E-state index >= 15 is 0 Å². The smallest absolute Gasteiger partial charge is 0.427 e. The second kappa shape index (κ2) is 4.75. The molecule has 0 spiro atoms. The summed E-state index contributed by atoms with van der Waals surface area (Å²) < 4.78 is 4.23. The predicted octanol–water partition coefficient (Wildman–Crippen LogP) is -0.325. The summed E-state index contributed by atoms with van der Waals surface area (Å²) in [4.78, 5) is 10.3. The Balaban J connectivity index is 3.43. The van der Waals surface area contributed by atoms with Gasteiger partial charge in [-0.2, -0.15) is 5.10 Å². The van der Waals surface area contributed by atoms with Crippen molar-refractivity contribution in [1.82, 2.24) is 5.43 Å². The number of rotatable bonds is 2. The zero-order valence-electron chi connectivity index (χ0n) is 6.00. The monoisotopic (exact) mass is 145 g/mol. The summed E-state index contributed by atoms with van der Waals surface area (Å²) in [6, 6.07) is -0.169. The van der Waals surface area contributed by atoms with Crippen molar-refractivity contribution in [2.75, 3.05) is 7.11 Å². The highest BCUT2D eigenvalue weighted by Crippen LogP contribution is 1.70. The molecule has 3 N–H and O–H groups in total. The molecule has 0 radical (unpaired) electrons. The van der Waals surface area contributed by atoms with Crippen LogP contribution in [0.15, 0.2) is 5.10 Å². The van der Waals surface area contributed by atoms with Crippen LogP contribution in [-0.2, 0) is 4.74 Å². The van der Waals surface area contributed by atoms with Crippen LogP contribution in [0.4, 0.5) is 4.79 Å². The third kappa shape index (κ3) is 5.04. The highest BCUT2D eigenvalue weighted by atomic mass is 16.5. The average molecular weight is 145 g/mol. The lowest BCUT2D eigenvalue weighted by molar-refractivity contribution is 0.171. The maximum absolute atomic E-state index is 10.3. The molecule has 1 unspecified atom stereocenters. The molecule has 0 saturated carbocycles. The van der Waals surface area contributed by atoms with Crippen LogP contribution in [0.3, 0.4) is 0 Å². The molecule has 0 aromatic carbocycles. The molecule has 10 heavy (non-hydrogen) atoms. The molecule has 0 saturated heterocycles. The first-order chi connectivity index (χ1) is 4.66. The molecular weight excluding hydrogens is 134 g/mol. The molecule has 0 fully saturated rings. The molecule has 58 valence electrons. The van der Waals surface area contributed by atoms with Gasteiger partial charge in [0.05, 0.1) is 7.11 Å². The summed E-state index contributed by atoms with van der Waals surface area (Å²) >= 11 is 0. The average Bonchev–Trinajstić information content (AvgIpc) is 1.87. The first-order valence-electron chi connectivity index (χ1n) is 2.79. The molecule has 0 aromatic rings. The van der Waals surface area contributed by atoms with Gasteiger partial charge in [-0.3, -0.25) is 0 Å². The molecule has 0 heterocycles. The zero-order valence-corrected chi connectivity index (χ0v) is 6.00. The lowest BCUT2D eigenvalue weighted by Gasteiger charge is -1.96. The summed E-state index contributed by atoms with van der Waals surface area (Å²) in [6.07, 6.45) is 0.800. The van der Waals surface area contributed by atoms with Gasteiger partial charge in [0.1, 0.15) is 0 Å². The molecule has 5 nitrogen and oxygen atoms in total. The highest BCUT2D eigenvalue weighted by Gasteiger charge is 1.92. The van der Waals surface area contributed by atoms with Gasteiger partial charge < -0.3 is 10.5 Å². The third-order valence-electron chi connectivity index (χ3n) is 0.651. The second-order valence-electron chi connectivity index (χ2n) is 1.74. The zero-order chi connectivity index (χ0) is 7.98. The van der Waals surface area contributed by atoms with Gasteiger partial charge in [0, 0.05) is 12.3 Å². The van der Waals surface area contributed by atoms with Gasteiger partial charge in [-0.1, -0.05) is 0 Å². The number of hydrogen-bond donors (Lipinski definition) is 2. The van der Waals surface area contributed by atoms with E-state index in [4.69, 9.17) is 5.73 Å². The number of methoxy groups -OCH3 is 1. The summed E-state index contributed by atoms with van der Waals surface area (Å²) in [7, 11) is 1.26. The van der Waals surface area contributed by atoms with Gasteiger partial charge in [0.25, 0.3) is 0 Å². The maximum Gasteiger partial charge on any atom is 0.427 e. The molecular formula is C5H11N3O2. The molecule has 0 rings (SSSR count). The van der Waals surface area contributed by atoms with Crippen molar-refractivity contribution < 1.29 is 9.53 Å². The Labute approximate surface area is 59.2 Å². The maximum atomic E-state index is 10.3. The summed E-state index contributed by atoms with van der Waals surface area (Å²) in [5.74, 6) is 0. The predicted molar refractivity (Wildman–Crippen MR) is 37.7 cm³/mol. The number of hydrogen-bond acceptors (Lipinski definition) is 4. The number of amides is 1. The summed E-state index contributed by atoms with van der Waals surface area (Å²) in [5, 5.41) is 3.47. The number of nitrogens with zero attached hydrogens (tertiary/aromatic N) is 1. The van der Waals surface area contributed by atoms with Crippen LogP contribution < -0.4 is 11.2 Å². The van der Waals surface area contributed by atoms with Gasteiger partial charge in [-0.25, -0.2) is 10.2 Å². The van der Waals surface area contributed by atoms with Crippen molar-refractivity contribution in [3.8, 4) is 0 Å². The van der Waals surface area contributed by atoms with Crippen LogP contribution in [-0.4, -0.2) is 25.5 Å². The van der Waals surface area contributed by atoms with Crippen molar-refractivity contribution in [1.29, 1.82) is 0 Å². The van der Waals surface area contributed by atoms with Crippen LogP contribution >= 0.6 is 0 Å². The Morgan fingerprint density at radius 2 is 2.50 bits per heavy atom. The minimum Gasteiger partial charge on any atom is -0.452 e. The van der Waals surface area contributed by atoms with Gasteiger partial charge in [-0.05, 0) is 6.92 Å². The quantitative estimate of drug-likeness (QED) is 0.413. The number of nitrogens with two attached hydrogens (primary N) is 1. The summed E-state index contributed by atoms with van der Waals surface area (Å²) in [5.41, 5.74) is 7.37. The Bertz CT molecular complexity index is 133. The lowest BCUT2D eigenvalue weighted by Crippen LogP contribution is -2.21. The molecule has 0 aliphatic carbocycles. The molecule has 0 aromatic heterocycles. The molecule has 5 heteroatoms. The van der Waals surface area contributed by atoms with E-state index in [1.807, 2.05) is 0 Å². The first-order valence-corrected chi connectivity index (χ1v) is 2.79. The minimum atomic E-state index is -0.600. The Morgan fingerprint density at radius 3 is 2.90 bits per heavy atom. The SMILES string of the molecule is COC(=O)N/N=C/C(C)N. The van der Waals surface area contributed by atoms with Crippen molar-refractivity contribution in [2.45, 2.75) is 13.0 Å². The minimum absolute atomic E-state index is 0.169. The highest BCUT2D eigenvalue weighted by molar-refractivity contribution is 5.70. The van der Waals surface area contributed by atoms with Crippen LogP contribution in [0.2, 0.25) is 0 Å². The van der Waals surface area contributed by atoms with Crippen molar-refractivity contribution in [3.05, 3.63) is 0 Å². The molecule has 1 atom stereocenters. The van der Waals surface area contributed by atoms with Crippen molar-refractivity contribution in [2.24, 2.45) is 10.8 Å². The van der Waals surface area contributed by atoms with E-state index in [1.54, 1.807) is 6.92 Å².